The van der Waals surface area contributed by atoms with Crippen LogP contribution in [0.25, 0.3) is 0 Å². The smallest absolute Gasteiger partial charge is 0.146 e. The number of benzene rings is 2. The molecule has 0 fully saturated rings. The van der Waals surface area contributed by atoms with Gasteiger partial charge in [-0.25, -0.2) is 8.78 Å². The third-order valence-electron chi connectivity index (χ3n) is 2.40. The predicted octanol–water partition coefficient (Wildman–Crippen LogP) is 4.88. The molecule has 2 aromatic carbocycles. The van der Waals surface area contributed by atoms with Crippen LogP contribution in [0.2, 0.25) is 10.0 Å². The van der Waals surface area contributed by atoms with Gasteiger partial charge in [-0.1, -0.05) is 29.3 Å². The van der Waals surface area contributed by atoms with Gasteiger partial charge in [0.05, 0.1) is 15.7 Å². The molecule has 0 aromatic heterocycles. The third kappa shape index (κ3) is 3.12. The van der Waals surface area contributed by atoms with Crippen LogP contribution in [-0.4, -0.2) is 0 Å². The van der Waals surface area contributed by atoms with E-state index in [1.807, 2.05) is 0 Å². The van der Waals surface area contributed by atoms with E-state index in [9.17, 15) is 8.78 Å². The standard InChI is InChI=1S/C13H9Cl2F2N/c14-10-3-1-8(5-11(10)15)7-18-13-6-9(16)2-4-12(13)17/h1-6,18H,7H2. The summed E-state index contributed by atoms with van der Waals surface area (Å²) in [6, 6.07) is 8.34. The van der Waals surface area contributed by atoms with Gasteiger partial charge < -0.3 is 5.32 Å². The summed E-state index contributed by atoms with van der Waals surface area (Å²) in [6.45, 7) is 0.331. The van der Waals surface area contributed by atoms with Gasteiger partial charge in [0, 0.05) is 6.54 Å². The van der Waals surface area contributed by atoms with E-state index in [0.29, 0.717) is 16.6 Å². The van der Waals surface area contributed by atoms with Gasteiger partial charge in [-0.2, -0.15) is 0 Å². The molecule has 0 spiro atoms. The summed E-state index contributed by atoms with van der Waals surface area (Å²) >= 11 is 11.6. The topological polar surface area (TPSA) is 12.0 Å². The first kappa shape index (κ1) is 13.1. The van der Waals surface area contributed by atoms with Crippen molar-refractivity contribution >= 4 is 28.9 Å². The van der Waals surface area contributed by atoms with Gasteiger partial charge >= 0.3 is 0 Å². The molecule has 0 saturated carbocycles. The molecule has 0 heterocycles. The molecule has 1 N–H and O–H groups in total. The second-order valence-electron chi connectivity index (χ2n) is 3.73. The number of anilines is 1. The second-order valence-corrected chi connectivity index (χ2v) is 4.54. The normalized spacial score (nSPS) is 10.4. The van der Waals surface area contributed by atoms with Crippen LogP contribution in [0.15, 0.2) is 36.4 Å². The molecule has 0 unspecified atom stereocenters. The summed E-state index contributed by atoms with van der Waals surface area (Å²) < 4.78 is 26.3. The Hall–Kier alpha value is -1.32. The van der Waals surface area contributed by atoms with Crippen molar-refractivity contribution in [2.45, 2.75) is 6.54 Å². The zero-order valence-electron chi connectivity index (χ0n) is 9.18. The summed E-state index contributed by atoms with van der Waals surface area (Å²) in [5, 5.41) is 3.68. The van der Waals surface area contributed by atoms with Crippen molar-refractivity contribution in [2.24, 2.45) is 0 Å². The van der Waals surface area contributed by atoms with Gasteiger partial charge in [0.2, 0.25) is 0 Å². The molecule has 2 aromatic rings. The van der Waals surface area contributed by atoms with Gasteiger partial charge in [-0.3, -0.25) is 0 Å². The molecule has 0 aliphatic carbocycles. The quantitative estimate of drug-likeness (QED) is 0.848. The van der Waals surface area contributed by atoms with Gasteiger partial charge in [-0.15, -0.1) is 0 Å². The number of hydrogen-bond acceptors (Lipinski definition) is 1. The average Bonchev–Trinajstić information content (AvgIpc) is 2.34. The van der Waals surface area contributed by atoms with Crippen molar-refractivity contribution in [1.82, 2.24) is 0 Å². The minimum atomic E-state index is -0.503. The zero-order chi connectivity index (χ0) is 13.1. The third-order valence-corrected chi connectivity index (χ3v) is 3.13. The SMILES string of the molecule is Fc1ccc(F)c(NCc2ccc(Cl)c(Cl)c2)c1. The molecular formula is C13H9Cl2F2N. The average molecular weight is 288 g/mol. The highest BCUT2D eigenvalue weighted by atomic mass is 35.5. The second kappa shape index (κ2) is 5.55. The first-order valence-electron chi connectivity index (χ1n) is 5.19. The van der Waals surface area contributed by atoms with Crippen LogP contribution in [0.3, 0.4) is 0 Å². The minimum Gasteiger partial charge on any atom is -0.379 e. The van der Waals surface area contributed by atoms with Crippen LogP contribution in [0.1, 0.15) is 5.56 Å². The van der Waals surface area contributed by atoms with Crippen LogP contribution in [0.5, 0.6) is 0 Å². The number of nitrogens with one attached hydrogen (secondary N) is 1. The van der Waals surface area contributed by atoms with E-state index in [-0.39, 0.29) is 5.69 Å². The summed E-state index contributed by atoms with van der Waals surface area (Å²) in [5.74, 6) is -0.996. The van der Waals surface area contributed by atoms with E-state index in [1.165, 1.54) is 0 Å². The lowest BCUT2D eigenvalue weighted by Gasteiger charge is -2.08. The molecule has 2 rings (SSSR count). The Bertz CT molecular complexity index is 573. The lowest BCUT2D eigenvalue weighted by Crippen LogP contribution is -2.01. The Morgan fingerprint density at radius 2 is 1.72 bits per heavy atom. The minimum absolute atomic E-state index is 0.112. The van der Waals surface area contributed by atoms with Crippen molar-refractivity contribution in [3.05, 3.63) is 63.6 Å². The van der Waals surface area contributed by atoms with Gasteiger partial charge in [-0.05, 0) is 35.9 Å². The maximum atomic E-state index is 13.3. The number of hydrogen-bond donors (Lipinski definition) is 1. The number of halogens is 4. The first-order valence-corrected chi connectivity index (χ1v) is 5.95. The van der Waals surface area contributed by atoms with Crippen molar-refractivity contribution in [2.75, 3.05) is 5.32 Å². The summed E-state index contributed by atoms with van der Waals surface area (Å²) in [5.41, 5.74) is 0.939. The fourth-order valence-electron chi connectivity index (χ4n) is 1.48. The van der Waals surface area contributed by atoms with Crippen molar-refractivity contribution < 1.29 is 8.78 Å². The van der Waals surface area contributed by atoms with Crippen LogP contribution < -0.4 is 5.32 Å². The van der Waals surface area contributed by atoms with E-state index in [0.717, 1.165) is 23.8 Å². The fraction of sp³-hybridized carbons (Fsp3) is 0.0769. The van der Waals surface area contributed by atoms with Crippen molar-refractivity contribution in [1.29, 1.82) is 0 Å². The number of rotatable bonds is 3. The predicted molar refractivity (Wildman–Crippen MR) is 70.1 cm³/mol. The van der Waals surface area contributed by atoms with Crippen LogP contribution in [0.4, 0.5) is 14.5 Å². The molecule has 0 atom stereocenters. The highest BCUT2D eigenvalue weighted by Crippen LogP contribution is 2.23. The highest BCUT2D eigenvalue weighted by molar-refractivity contribution is 6.42. The molecule has 1 nitrogen and oxygen atoms in total. The molecule has 94 valence electrons. The van der Waals surface area contributed by atoms with Gasteiger partial charge in [0.25, 0.3) is 0 Å². The fourth-order valence-corrected chi connectivity index (χ4v) is 1.80. The summed E-state index contributed by atoms with van der Waals surface area (Å²) in [6.07, 6.45) is 0. The maximum absolute atomic E-state index is 13.3. The maximum Gasteiger partial charge on any atom is 0.146 e. The zero-order valence-corrected chi connectivity index (χ0v) is 10.7. The molecule has 0 radical (unpaired) electrons. The van der Waals surface area contributed by atoms with E-state index in [2.05, 4.69) is 5.32 Å². The largest absolute Gasteiger partial charge is 0.379 e. The van der Waals surface area contributed by atoms with Crippen molar-refractivity contribution in [3.63, 3.8) is 0 Å². The first-order chi connectivity index (χ1) is 8.56. The Morgan fingerprint density at radius 1 is 0.944 bits per heavy atom. The van der Waals surface area contributed by atoms with Crippen LogP contribution in [0, 0.1) is 11.6 Å². The molecule has 5 heteroatoms. The lowest BCUT2D eigenvalue weighted by atomic mass is 10.2. The summed E-state index contributed by atoms with van der Waals surface area (Å²) in [7, 11) is 0. The summed E-state index contributed by atoms with van der Waals surface area (Å²) in [4.78, 5) is 0. The molecule has 18 heavy (non-hydrogen) atoms. The van der Waals surface area contributed by atoms with Crippen LogP contribution >= 0.6 is 23.2 Å². The van der Waals surface area contributed by atoms with E-state index in [4.69, 9.17) is 23.2 Å². The molecule has 0 amide bonds. The molecule has 0 aliphatic rings. The molecular weight excluding hydrogens is 279 g/mol. The monoisotopic (exact) mass is 287 g/mol. The Balaban J connectivity index is 2.11. The van der Waals surface area contributed by atoms with E-state index >= 15 is 0 Å². The van der Waals surface area contributed by atoms with Gasteiger partial charge in [0.1, 0.15) is 11.6 Å². The lowest BCUT2D eigenvalue weighted by molar-refractivity contribution is 0.602. The van der Waals surface area contributed by atoms with Crippen molar-refractivity contribution in [3.8, 4) is 0 Å². The highest BCUT2D eigenvalue weighted by Gasteiger charge is 2.04. The van der Waals surface area contributed by atoms with Gasteiger partial charge in [0.15, 0.2) is 0 Å². The molecule has 0 saturated heterocycles. The van der Waals surface area contributed by atoms with E-state index in [1.54, 1.807) is 18.2 Å². The molecule has 0 aliphatic heterocycles. The van der Waals surface area contributed by atoms with Crippen LogP contribution in [-0.2, 0) is 6.54 Å². The molecule has 0 bridgehead atoms. The Morgan fingerprint density at radius 3 is 2.44 bits per heavy atom. The Labute approximate surface area is 113 Å². The van der Waals surface area contributed by atoms with E-state index < -0.39 is 11.6 Å². The Kier molecular flexibility index (Phi) is 4.04.